The van der Waals surface area contributed by atoms with Crippen LogP contribution < -0.4 is 10.6 Å². The summed E-state index contributed by atoms with van der Waals surface area (Å²) >= 11 is 0. The third kappa shape index (κ3) is 3.26. The first-order valence-electron chi connectivity index (χ1n) is 6.21. The maximum Gasteiger partial charge on any atom is 0.253 e. The third-order valence-electron chi connectivity index (χ3n) is 3.26. The summed E-state index contributed by atoms with van der Waals surface area (Å²) in [5.41, 5.74) is 2.28. The molecule has 1 unspecified atom stereocenters. The zero-order chi connectivity index (χ0) is 14.0. The van der Waals surface area contributed by atoms with E-state index in [1.807, 2.05) is 19.1 Å². The predicted octanol–water partition coefficient (Wildman–Crippen LogP) is 0.954. The molecule has 6 heteroatoms. The molecule has 1 aliphatic rings. The zero-order valence-electron chi connectivity index (χ0n) is 11.1. The molecule has 0 radical (unpaired) electrons. The number of anilines is 1. The van der Waals surface area contributed by atoms with Gasteiger partial charge in [0.25, 0.3) is 5.91 Å². The van der Waals surface area contributed by atoms with Crippen LogP contribution in [0.2, 0.25) is 0 Å². The SMILES string of the molecule is CNc1ccc(C)cc1C(=O)NC1CCS(=O)(=O)C1. The lowest BCUT2D eigenvalue weighted by atomic mass is 10.1. The molecular weight excluding hydrogens is 264 g/mol. The second-order valence-electron chi connectivity index (χ2n) is 4.87. The summed E-state index contributed by atoms with van der Waals surface area (Å²) in [6, 6.07) is 5.28. The number of aryl methyl sites for hydroxylation is 1. The topological polar surface area (TPSA) is 75.3 Å². The summed E-state index contributed by atoms with van der Waals surface area (Å²) in [7, 11) is -1.23. The van der Waals surface area contributed by atoms with E-state index < -0.39 is 9.84 Å². The monoisotopic (exact) mass is 282 g/mol. The molecule has 1 fully saturated rings. The molecule has 0 aromatic heterocycles. The molecule has 2 N–H and O–H groups in total. The fourth-order valence-corrected chi connectivity index (χ4v) is 3.91. The van der Waals surface area contributed by atoms with Crippen molar-refractivity contribution in [2.24, 2.45) is 0 Å². The van der Waals surface area contributed by atoms with E-state index in [1.54, 1.807) is 13.1 Å². The summed E-state index contributed by atoms with van der Waals surface area (Å²) in [6.45, 7) is 1.91. The summed E-state index contributed by atoms with van der Waals surface area (Å²) in [5.74, 6) is -0.0282. The van der Waals surface area contributed by atoms with Crippen molar-refractivity contribution in [2.75, 3.05) is 23.9 Å². The molecule has 2 rings (SSSR count). The minimum absolute atomic E-state index is 0.0411. The van der Waals surface area contributed by atoms with Gasteiger partial charge in [-0.2, -0.15) is 0 Å². The Morgan fingerprint density at radius 2 is 2.11 bits per heavy atom. The standard InChI is InChI=1S/C13H18N2O3S/c1-9-3-4-12(14-2)11(7-9)13(16)15-10-5-6-19(17,18)8-10/h3-4,7,10,14H,5-6,8H2,1-2H3,(H,15,16). The number of nitrogens with one attached hydrogen (secondary N) is 2. The highest BCUT2D eigenvalue weighted by Crippen LogP contribution is 2.18. The van der Waals surface area contributed by atoms with E-state index in [1.165, 1.54) is 0 Å². The first kappa shape index (κ1) is 13.9. The van der Waals surface area contributed by atoms with Crippen LogP contribution in [-0.4, -0.2) is 38.9 Å². The Morgan fingerprint density at radius 3 is 2.68 bits per heavy atom. The third-order valence-corrected chi connectivity index (χ3v) is 5.02. The maximum absolute atomic E-state index is 12.2. The van der Waals surface area contributed by atoms with Crippen molar-refractivity contribution in [3.63, 3.8) is 0 Å². The summed E-state index contributed by atoms with van der Waals surface area (Å²) in [5, 5.41) is 5.76. The van der Waals surface area contributed by atoms with Gasteiger partial charge in [0.15, 0.2) is 9.84 Å². The minimum atomic E-state index is -2.98. The number of benzene rings is 1. The van der Waals surface area contributed by atoms with Crippen molar-refractivity contribution in [1.29, 1.82) is 0 Å². The highest BCUT2D eigenvalue weighted by atomic mass is 32.2. The molecule has 0 spiro atoms. The molecule has 0 bridgehead atoms. The molecule has 1 amide bonds. The fraction of sp³-hybridized carbons (Fsp3) is 0.462. The number of hydrogen-bond donors (Lipinski definition) is 2. The number of carbonyl (C=O) groups excluding carboxylic acids is 1. The van der Waals surface area contributed by atoms with Crippen LogP contribution in [0.25, 0.3) is 0 Å². The average molecular weight is 282 g/mol. The van der Waals surface area contributed by atoms with Crippen LogP contribution in [0.3, 0.4) is 0 Å². The molecule has 5 nitrogen and oxygen atoms in total. The van der Waals surface area contributed by atoms with Gasteiger partial charge in [0.2, 0.25) is 0 Å². The van der Waals surface area contributed by atoms with E-state index in [2.05, 4.69) is 10.6 Å². The van der Waals surface area contributed by atoms with Crippen LogP contribution >= 0.6 is 0 Å². The van der Waals surface area contributed by atoms with Gasteiger partial charge in [-0.05, 0) is 25.5 Å². The fourth-order valence-electron chi connectivity index (χ4n) is 2.24. The van der Waals surface area contributed by atoms with Crippen LogP contribution in [0.5, 0.6) is 0 Å². The van der Waals surface area contributed by atoms with E-state index in [-0.39, 0.29) is 23.5 Å². The Kier molecular flexibility index (Phi) is 3.80. The molecule has 19 heavy (non-hydrogen) atoms. The van der Waals surface area contributed by atoms with E-state index >= 15 is 0 Å². The zero-order valence-corrected chi connectivity index (χ0v) is 11.9. The normalized spacial score (nSPS) is 21.1. The van der Waals surface area contributed by atoms with Crippen molar-refractivity contribution >= 4 is 21.4 Å². The first-order valence-corrected chi connectivity index (χ1v) is 8.03. The molecule has 1 aromatic carbocycles. The van der Waals surface area contributed by atoms with Gasteiger partial charge in [0, 0.05) is 18.8 Å². The van der Waals surface area contributed by atoms with Crippen LogP contribution in [0.1, 0.15) is 22.3 Å². The summed E-state index contributed by atoms with van der Waals surface area (Å²) in [4.78, 5) is 12.2. The Labute approximate surface area is 113 Å². The molecule has 0 saturated carbocycles. The van der Waals surface area contributed by atoms with Gasteiger partial charge in [-0.3, -0.25) is 4.79 Å². The lowest BCUT2D eigenvalue weighted by Crippen LogP contribution is -2.35. The molecule has 1 aliphatic heterocycles. The van der Waals surface area contributed by atoms with E-state index in [0.717, 1.165) is 11.3 Å². The quantitative estimate of drug-likeness (QED) is 0.865. The van der Waals surface area contributed by atoms with E-state index in [9.17, 15) is 13.2 Å². The Hall–Kier alpha value is -1.56. The largest absolute Gasteiger partial charge is 0.387 e. The van der Waals surface area contributed by atoms with Crippen molar-refractivity contribution in [1.82, 2.24) is 5.32 Å². The molecule has 1 saturated heterocycles. The van der Waals surface area contributed by atoms with Crippen molar-refractivity contribution in [3.8, 4) is 0 Å². The maximum atomic E-state index is 12.2. The summed E-state index contributed by atoms with van der Waals surface area (Å²) < 4.78 is 22.7. The highest BCUT2D eigenvalue weighted by molar-refractivity contribution is 7.91. The Balaban J connectivity index is 2.14. The van der Waals surface area contributed by atoms with Gasteiger partial charge in [-0.25, -0.2) is 8.42 Å². The minimum Gasteiger partial charge on any atom is -0.387 e. The lowest BCUT2D eigenvalue weighted by molar-refractivity contribution is 0.0942. The smallest absolute Gasteiger partial charge is 0.253 e. The van der Waals surface area contributed by atoms with Gasteiger partial charge < -0.3 is 10.6 Å². The van der Waals surface area contributed by atoms with Gasteiger partial charge in [-0.15, -0.1) is 0 Å². The molecule has 0 aliphatic carbocycles. The van der Waals surface area contributed by atoms with Gasteiger partial charge in [-0.1, -0.05) is 11.6 Å². The molecule has 1 heterocycles. The molecule has 1 atom stereocenters. The van der Waals surface area contributed by atoms with Crippen LogP contribution in [0, 0.1) is 6.92 Å². The molecular formula is C13H18N2O3S. The number of amides is 1. The predicted molar refractivity (Wildman–Crippen MR) is 75.3 cm³/mol. The van der Waals surface area contributed by atoms with Gasteiger partial charge >= 0.3 is 0 Å². The average Bonchev–Trinajstić information content (AvgIpc) is 2.68. The van der Waals surface area contributed by atoms with Crippen molar-refractivity contribution < 1.29 is 13.2 Å². The van der Waals surface area contributed by atoms with Crippen LogP contribution in [-0.2, 0) is 9.84 Å². The second-order valence-corrected chi connectivity index (χ2v) is 7.10. The van der Waals surface area contributed by atoms with Crippen molar-refractivity contribution in [3.05, 3.63) is 29.3 Å². The lowest BCUT2D eigenvalue weighted by Gasteiger charge is -2.14. The number of sulfone groups is 1. The molecule has 104 valence electrons. The number of rotatable bonds is 3. The first-order chi connectivity index (χ1) is 8.91. The van der Waals surface area contributed by atoms with Gasteiger partial charge in [0.05, 0.1) is 17.1 Å². The van der Waals surface area contributed by atoms with Crippen LogP contribution in [0.4, 0.5) is 5.69 Å². The van der Waals surface area contributed by atoms with E-state index in [0.29, 0.717) is 12.0 Å². The molecule has 1 aromatic rings. The number of hydrogen-bond acceptors (Lipinski definition) is 4. The van der Waals surface area contributed by atoms with Crippen LogP contribution in [0.15, 0.2) is 18.2 Å². The number of carbonyl (C=O) groups is 1. The summed E-state index contributed by atoms with van der Waals surface area (Å²) in [6.07, 6.45) is 0.495. The van der Waals surface area contributed by atoms with Gasteiger partial charge in [0.1, 0.15) is 0 Å². The Bertz CT molecular complexity index is 596. The highest BCUT2D eigenvalue weighted by Gasteiger charge is 2.29. The van der Waals surface area contributed by atoms with Crippen molar-refractivity contribution in [2.45, 2.75) is 19.4 Å². The van der Waals surface area contributed by atoms with E-state index in [4.69, 9.17) is 0 Å². The Morgan fingerprint density at radius 1 is 1.37 bits per heavy atom. The second kappa shape index (κ2) is 5.21.